The Morgan fingerprint density at radius 1 is 1.43 bits per heavy atom. The topological polar surface area (TPSA) is 81.9 Å². The van der Waals surface area contributed by atoms with Gasteiger partial charge in [-0.3, -0.25) is 0 Å². The molecule has 6 nitrogen and oxygen atoms in total. The molecule has 2 N–H and O–H groups in total. The van der Waals surface area contributed by atoms with Crippen LogP contribution in [-0.4, -0.2) is 45.1 Å². The largest absolute Gasteiger partial charge is 0.492 e. The number of anilines is 1. The molecule has 1 heterocycles. The molecule has 1 aliphatic rings. The van der Waals surface area contributed by atoms with Gasteiger partial charge in [-0.05, 0) is 31.5 Å². The van der Waals surface area contributed by atoms with Crippen LogP contribution in [0.2, 0.25) is 0 Å². The average Bonchev–Trinajstić information content (AvgIpc) is 2.49. The van der Waals surface area contributed by atoms with E-state index in [1.165, 1.54) is 10.4 Å². The number of nitrogen functional groups attached to an aromatic ring is 1. The maximum atomic E-state index is 12.9. The Bertz CT molecular complexity index is 589. The van der Waals surface area contributed by atoms with E-state index in [1.54, 1.807) is 12.1 Å². The predicted octanol–water partition coefficient (Wildman–Crippen LogP) is 1.47. The lowest BCUT2D eigenvalue weighted by Crippen LogP contribution is -2.48. The number of ether oxygens (including phenoxy) is 2. The molecule has 0 aromatic heterocycles. The minimum absolute atomic E-state index is 0.129. The summed E-state index contributed by atoms with van der Waals surface area (Å²) in [4.78, 5) is 0.129. The molecule has 1 saturated heterocycles. The number of hydrogen-bond acceptors (Lipinski definition) is 5. The van der Waals surface area contributed by atoms with Crippen LogP contribution in [0.25, 0.3) is 0 Å². The summed E-state index contributed by atoms with van der Waals surface area (Å²) < 4.78 is 38.2. The van der Waals surface area contributed by atoms with Crippen molar-refractivity contribution in [2.24, 2.45) is 0 Å². The number of morpholine rings is 1. The Hall–Kier alpha value is -1.31. The quantitative estimate of drug-likeness (QED) is 0.832. The number of nitrogens with zero attached hydrogens (tertiary/aromatic N) is 1. The molecule has 1 unspecified atom stereocenters. The third kappa shape index (κ3) is 3.30. The number of sulfonamides is 1. The van der Waals surface area contributed by atoms with Gasteiger partial charge < -0.3 is 15.2 Å². The van der Waals surface area contributed by atoms with Crippen molar-refractivity contribution in [3.05, 3.63) is 18.2 Å². The number of hydrogen-bond donors (Lipinski definition) is 1. The van der Waals surface area contributed by atoms with Crippen LogP contribution < -0.4 is 10.5 Å². The van der Waals surface area contributed by atoms with Crippen molar-refractivity contribution in [3.8, 4) is 5.75 Å². The molecule has 0 amide bonds. The zero-order valence-corrected chi connectivity index (χ0v) is 13.2. The minimum Gasteiger partial charge on any atom is -0.492 e. The van der Waals surface area contributed by atoms with E-state index in [4.69, 9.17) is 15.2 Å². The Kier molecular flexibility index (Phi) is 5.08. The van der Waals surface area contributed by atoms with Crippen LogP contribution in [0.3, 0.4) is 0 Å². The number of rotatable bonds is 5. The fourth-order valence-electron chi connectivity index (χ4n) is 2.40. The normalized spacial score (nSPS) is 20.4. The lowest BCUT2D eigenvalue weighted by atomic mass is 10.2. The summed E-state index contributed by atoms with van der Waals surface area (Å²) in [6, 6.07) is 4.55. The zero-order chi connectivity index (χ0) is 15.5. The van der Waals surface area contributed by atoms with Crippen LogP contribution >= 0.6 is 0 Å². The number of nitrogens with two attached hydrogens (primary N) is 1. The van der Waals surface area contributed by atoms with Crippen LogP contribution in [0.15, 0.2) is 23.1 Å². The van der Waals surface area contributed by atoms with Gasteiger partial charge in [0.1, 0.15) is 10.6 Å². The van der Waals surface area contributed by atoms with Crippen molar-refractivity contribution >= 4 is 15.7 Å². The molecule has 0 bridgehead atoms. The van der Waals surface area contributed by atoms with Gasteiger partial charge in [0, 0.05) is 18.3 Å². The van der Waals surface area contributed by atoms with Gasteiger partial charge in [0.15, 0.2) is 0 Å². The molecule has 1 atom stereocenters. The molecule has 0 saturated carbocycles. The molecule has 2 rings (SSSR count). The van der Waals surface area contributed by atoms with E-state index >= 15 is 0 Å². The first kappa shape index (κ1) is 16.1. The highest BCUT2D eigenvalue weighted by Crippen LogP contribution is 2.31. The molecular weight excluding hydrogens is 292 g/mol. The molecule has 0 spiro atoms. The molecule has 0 radical (unpaired) electrons. The van der Waals surface area contributed by atoms with Gasteiger partial charge in [0.05, 0.1) is 19.8 Å². The summed E-state index contributed by atoms with van der Waals surface area (Å²) in [7, 11) is -3.65. The molecule has 1 fully saturated rings. The third-order valence-electron chi connectivity index (χ3n) is 3.50. The van der Waals surface area contributed by atoms with Crippen molar-refractivity contribution in [1.82, 2.24) is 4.31 Å². The Morgan fingerprint density at radius 2 is 2.19 bits per heavy atom. The highest BCUT2D eigenvalue weighted by molar-refractivity contribution is 7.89. The maximum Gasteiger partial charge on any atom is 0.247 e. The van der Waals surface area contributed by atoms with Gasteiger partial charge in [-0.1, -0.05) is 6.92 Å². The third-order valence-corrected chi connectivity index (χ3v) is 5.47. The van der Waals surface area contributed by atoms with Crippen LogP contribution in [0.5, 0.6) is 5.75 Å². The number of benzene rings is 1. The highest BCUT2D eigenvalue weighted by Gasteiger charge is 2.35. The summed E-state index contributed by atoms with van der Waals surface area (Å²) in [5.41, 5.74) is 6.16. The monoisotopic (exact) mass is 314 g/mol. The van der Waals surface area contributed by atoms with E-state index in [0.717, 1.165) is 0 Å². The first-order valence-corrected chi connectivity index (χ1v) is 8.56. The lowest BCUT2D eigenvalue weighted by Gasteiger charge is -2.34. The molecule has 0 aliphatic carbocycles. The van der Waals surface area contributed by atoms with Crippen molar-refractivity contribution in [3.63, 3.8) is 0 Å². The van der Waals surface area contributed by atoms with Gasteiger partial charge in [-0.2, -0.15) is 4.31 Å². The van der Waals surface area contributed by atoms with E-state index in [0.29, 0.717) is 44.2 Å². The SMILES string of the molecule is CCOc1ccc(N)cc1S(=O)(=O)N1CCOCC1CC. The van der Waals surface area contributed by atoms with Gasteiger partial charge in [-0.25, -0.2) is 8.42 Å². The Morgan fingerprint density at radius 3 is 2.86 bits per heavy atom. The van der Waals surface area contributed by atoms with Crippen LogP contribution in [0, 0.1) is 0 Å². The highest BCUT2D eigenvalue weighted by atomic mass is 32.2. The molecular formula is C14H22N2O4S. The predicted molar refractivity (Wildman–Crippen MR) is 80.8 cm³/mol. The van der Waals surface area contributed by atoms with Crippen LogP contribution in [-0.2, 0) is 14.8 Å². The molecule has 118 valence electrons. The smallest absolute Gasteiger partial charge is 0.247 e. The van der Waals surface area contributed by atoms with E-state index in [2.05, 4.69) is 0 Å². The second kappa shape index (κ2) is 6.64. The summed E-state index contributed by atoms with van der Waals surface area (Å²) in [5, 5.41) is 0. The summed E-state index contributed by atoms with van der Waals surface area (Å²) >= 11 is 0. The lowest BCUT2D eigenvalue weighted by molar-refractivity contribution is 0.0313. The Labute approximate surface area is 125 Å². The molecule has 7 heteroatoms. The minimum atomic E-state index is -3.65. The van der Waals surface area contributed by atoms with E-state index in [-0.39, 0.29) is 10.9 Å². The van der Waals surface area contributed by atoms with Gasteiger partial charge >= 0.3 is 0 Å². The molecule has 1 aromatic rings. The van der Waals surface area contributed by atoms with Crippen molar-refractivity contribution < 1.29 is 17.9 Å². The second-order valence-electron chi connectivity index (χ2n) is 4.89. The molecule has 21 heavy (non-hydrogen) atoms. The molecule has 1 aromatic carbocycles. The standard InChI is InChI=1S/C14H22N2O4S/c1-3-12-10-19-8-7-16(12)21(17,18)14-9-11(15)5-6-13(14)20-4-2/h5-6,9,12H,3-4,7-8,10,15H2,1-2H3. The van der Waals surface area contributed by atoms with E-state index < -0.39 is 10.0 Å². The van der Waals surface area contributed by atoms with Gasteiger partial charge in [0.2, 0.25) is 10.0 Å². The fourth-order valence-corrected chi connectivity index (χ4v) is 4.24. The van der Waals surface area contributed by atoms with Gasteiger partial charge in [0.25, 0.3) is 0 Å². The van der Waals surface area contributed by atoms with Gasteiger partial charge in [-0.15, -0.1) is 0 Å². The Balaban J connectivity index is 2.45. The van der Waals surface area contributed by atoms with Crippen molar-refractivity contribution in [2.75, 3.05) is 32.1 Å². The van der Waals surface area contributed by atoms with Crippen LogP contribution in [0.1, 0.15) is 20.3 Å². The second-order valence-corrected chi connectivity index (χ2v) is 6.75. The maximum absolute atomic E-state index is 12.9. The van der Waals surface area contributed by atoms with E-state index in [9.17, 15) is 8.42 Å². The summed E-state index contributed by atoms with van der Waals surface area (Å²) in [5.74, 6) is 0.341. The summed E-state index contributed by atoms with van der Waals surface area (Å²) in [6.07, 6.45) is 0.700. The molecule has 1 aliphatic heterocycles. The van der Waals surface area contributed by atoms with Crippen molar-refractivity contribution in [1.29, 1.82) is 0 Å². The first-order valence-electron chi connectivity index (χ1n) is 7.12. The fraction of sp³-hybridized carbons (Fsp3) is 0.571. The first-order chi connectivity index (χ1) is 10.0. The average molecular weight is 314 g/mol. The van der Waals surface area contributed by atoms with Crippen LogP contribution in [0.4, 0.5) is 5.69 Å². The van der Waals surface area contributed by atoms with E-state index in [1.807, 2.05) is 13.8 Å². The summed E-state index contributed by atoms with van der Waals surface area (Å²) in [6.45, 7) is 5.33. The zero-order valence-electron chi connectivity index (χ0n) is 12.4. The van der Waals surface area contributed by atoms with Crippen molar-refractivity contribution in [2.45, 2.75) is 31.2 Å².